The van der Waals surface area contributed by atoms with E-state index < -0.39 is 6.09 Å². The molecule has 8 rings (SSSR count). The second-order valence-electron chi connectivity index (χ2n) is 14.3. The van der Waals surface area contributed by atoms with E-state index in [0.717, 1.165) is 37.3 Å². The first-order chi connectivity index (χ1) is 26.1. The zero-order chi connectivity index (χ0) is 37.6. The Morgan fingerprint density at radius 2 is 1.87 bits per heavy atom. The number of ether oxygens (including phenoxy) is 3. The van der Waals surface area contributed by atoms with Gasteiger partial charge in [-0.05, 0) is 43.5 Å². The van der Waals surface area contributed by atoms with Crippen molar-refractivity contribution in [1.29, 1.82) is 0 Å². The van der Waals surface area contributed by atoms with Crippen molar-refractivity contribution < 1.29 is 28.9 Å². The molecule has 2 amide bonds. The summed E-state index contributed by atoms with van der Waals surface area (Å²) < 4.78 is 18.7. The number of hydrogen-bond donors (Lipinski definition) is 3. The maximum Gasteiger partial charge on any atom is 0.407 e. The van der Waals surface area contributed by atoms with Gasteiger partial charge in [-0.3, -0.25) is 9.78 Å². The van der Waals surface area contributed by atoms with Gasteiger partial charge in [-0.15, -0.1) is 0 Å². The molecule has 0 bridgehead atoms. The molecule has 0 unspecified atom stereocenters. The zero-order valence-electron chi connectivity index (χ0n) is 29.8. The third kappa shape index (κ3) is 6.92. The fourth-order valence-corrected chi connectivity index (χ4v) is 8.34. The van der Waals surface area contributed by atoms with Crippen LogP contribution in [0.25, 0.3) is 39.3 Å². The second kappa shape index (κ2) is 14.7. The van der Waals surface area contributed by atoms with Crippen molar-refractivity contribution in [3.63, 3.8) is 0 Å². The SMILES string of the molecule is COc1nc(-c2cccc(-c3ccnc(-c4cc(OC)c5nc(CNC6CC7(COC7)C6)cn5c4)c3Cl)c2Cl)ccc1CN(C[C@@H]1CCC(=O)N1)C(=O)O. The summed E-state index contributed by atoms with van der Waals surface area (Å²) in [4.78, 5) is 39.2. The van der Waals surface area contributed by atoms with Crippen LogP contribution in [0.2, 0.25) is 10.0 Å². The standard InChI is InChI=1S/C39H39Cl2N7O6/c1-52-31-12-23(17-47-19-26(45-36(31)47)15-43-25-13-39(14-25)20-54-21-39)35-34(41)28(10-11-42-35)27-4-3-5-29(33(27)40)30-8-6-22(37(46-30)53-2)16-48(38(50)51)18-24-7-9-32(49)44-24/h3-6,8,10-12,17,19,24-25,43H,7,9,13-16,18,20-21H2,1-2H3,(H,44,49)(H,50,51)/t24-/m0/s1. The molecule has 0 radical (unpaired) electrons. The Labute approximate surface area is 321 Å². The number of methoxy groups -OCH3 is 2. The molecule has 6 heterocycles. The van der Waals surface area contributed by atoms with Crippen LogP contribution in [-0.4, -0.2) is 87.4 Å². The number of pyridine rings is 3. The Hall–Kier alpha value is -4.95. The van der Waals surface area contributed by atoms with Crippen LogP contribution < -0.4 is 20.1 Å². The Balaban J connectivity index is 1.05. The number of nitrogens with one attached hydrogen (secondary N) is 2. The lowest BCUT2D eigenvalue weighted by Crippen LogP contribution is -2.58. The third-order valence-corrected chi connectivity index (χ3v) is 11.3. The fraction of sp³-hybridized carbons (Fsp3) is 0.359. The van der Waals surface area contributed by atoms with Crippen LogP contribution in [0.5, 0.6) is 11.6 Å². The summed E-state index contributed by atoms with van der Waals surface area (Å²) in [6, 6.07) is 13.1. The number of amides is 2. The molecule has 3 N–H and O–H groups in total. The van der Waals surface area contributed by atoms with E-state index in [1.807, 2.05) is 47.1 Å². The summed E-state index contributed by atoms with van der Waals surface area (Å²) in [7, 11) is 3.10. The first-order valence-corrected chi connectivity index (χ1v) is 18.5. The molecule has 2 aliphatic heterocycles. The lowest BCUT2D eigenvalue weighted by Gasteiger charge is -2.53. The molecule has 280 valence electrons. The van der Waals surface area contributed by atoms with Crippen LogP contribution in [0.3, 0.4) is 0 Å². The van der Waals surface area contributed by atoms with Crippen LogP contribution in [0, 0.1) is 5.41 Å². The molecular weight excluding hydrogens is 733 g/mol. The van der Waals surface area contributed by atoms with E-state index in [-0.39, 0.29) is 30.9 Å². The summed E-state index contributed by atoms with van der Waals surface area (Å²) in [5, 5.41) is 17.2. The smallest absolute Gasteiger partial charge is 0.407 e. The third-order valence-electron chi connectivity index (χ3n) is 10.6. The van der Waals surface area contributed by atoms with Gasteiger partial charge in [0.25, 0.3) is 0 Å². The number of fused-ring (bicyclic) bond motifs is 1. The molecule has 3 fully saturated rings. The van der Waals surface area contributed by atoms with Crippen LogP contribution in [0.15, 0.2) is 61.1 Å². The summed E-state index contributed by atoms with van der Waals surface area (Å²) in [5.41, 5.74) is 6.40. The van der Waals surface area contributed by atoms with Gasteiger partial charge < -0.3 is 39.3 Å². The lowest BCUT2D eigenvalue weighted by molar-refractivity contribution is -0.167. The largest absolute Gasteiger partial charge is 0.493 e. The first kappa shape index (κ1) is 36.0. The lowest BCUT2D eigenvalue weighted by atomic mass is 9.64. The molecule has 1 aliphatic carbocycles. The van der Waals surface area contributed by atoms with E-state index in [1.165, 1.54) is 12.0 Å². The van der Waals surface area contributed by atoms with Crippen LogP contribution in [-0.2, 0) is 22.6 Å². The predicted molar refractivity (Wildman–Crippen MR) is 203 cm³/mol. The maximum absolute atomic E-state index is 12.1. The summed E-state index contributed by atoms with van der Waals surface area (Å²) in [6.45, 7) is 2.59. The molecule has 1 spiro atoms. The molecule has 1 aromatic carbocycles. The Morgan fingerprint density at radius 3 is 2.57 bits per heavy atom. The number of aromatic nitrogens is 4. The monoisotopic (exact) mass is 771 g/mol. The van der Waals surface area contributed by atoms with Crippen molar-refractivity contribution in [2.75, 3.05) is 34.0 Å². The molecule has 2 saturated heterocycles. The van der Waals surface area contributed by atoms with Crippen molar-refractivity contribution in [2.24, 2.45) is 5.41 Å². The van der Waals surface area contributed by atoms with Gasteiger partial charge in [0.15, 0.2) is 11.4 Å². The number of carboxylic acid groups (broad SMARTS) is 1. The van der Waals surface area contributed by atoms with Crippen molar-refractivity contribution in [3.8, 4) is 45.3 Å². The van der Waals surface area contributed by atoms with Crippen LogP contribution in [0.1, 0.15) is 36.9 Å². The number of hydrogen-bond acceptors (Lipinski definition) is 9. The fourth-order valence-electron chi connectivity index (χ4n) is 7.69. The van der Waals surface area contributed by atoms with Crippen LogP contribution in [0.4, 0.5) is 4.79 Å². The summed E-state index contributed by atoms with van der Waals surface area (Å²) in [5.74, 6) is 0.784. The summed E-state index contributed by atoms with van der Waals surface area (Å²) >= 11 is 14.3. The van der Waals surface area contributed by atoms with Crippen LogP contribution >= 0.6 is 23.2 Å². The number of benzene rings is 1. The van der Waals surface area contributed by atoms with Crippen molar-refractivity contribution in [2.45, 2.75) is 50.9 Å². The quantitative estimate of drug-likeness (QED) is 0.129. The number of carbonyl (C=O) groups is 2. The van der Waals surface area contributed by atoms with E-state index in [4.69, 9.17) is 47.4 Å². The van der Waals surface area contributed by atoms with Gasteiger partial charge in [0.2, 0.25) is 11.8 Å². The molecule has 3 aliphatic rings. The highest BCUT2D eigenvalue weighted by molar-refractivity contribution is 6.39. The Kier molecular flexibility index (Phi) is 9.82. The van der Waals surface area contributed by atoms with E-state index in [9.17, 15) is 14.7 Å². The van der Waals surface area contributed by atoms with E-state index in [0.29, 0.717) is 85.9 Å². The molecule has 4 aromatic heterocycles. The Morgan fingerprint density at radius 1 is 1.07 bits per heavy atom. The predicted octanol–water partition coefficient (Wildman–Crippen LogP) is 6.48. The molecule has 5 aromatic rings. The van der Waals surface area contributed by atoms with Gasteiger partial charge in [-0.2, -0.15) is 0 Å². The molecular formula is C39H39Cl2N7O6. The average Bonchev–Trinajstić information content (AvgIpc) is 3.75. The second-order valence-corrected chi connectivity index (χ2v) is 15.0. The minimum atomic E-state index is -1.10. The van der Waals surface area contributed by atoms with Crippen molar-refractivity contribution >= 4 is 40.8 Å². The van der Waals surface area contributed by atoms with Crippen molar-refractivity contribution in [1.82, 2.24) is 34.9 Å². The molecule has 13 nitrogen and oxygen atoms in total. The van der Waals surface area contributed by atoms with Gasteiger partial charge in [0.1, 0.15) is 0 Å². The highest BCUT2D eigenvalue weighted by Gasteiger charge is 2.49. The Bertz CT molecular complexity index is 2250. The number of imidazole rings is 1. The average molecular weight is 773 g/mol. The highest BCUT2D eigenvalue weighted by Crippen LogP contribution is 2.47. The minimum Gasteiger partial charge on any atom is -0.493 e. The first-order valence-electron chi connectivity index (χ1n) is 17.8. The number of halogens is 2. The van der Waals surface area contributed by atoms with Gasteiger partial charge in [-0.1, -0.05) is 41.4 Å². The van der Waals surface area contributed by atoms with E-state index >= 15 is 0 Å². The van der Waals surface area contributed by atoms with Gasteiger partial charge in [-0.25, -0.2) is 14.8 Å². The molecule has 1 atom stereocenters. The maximum atomic E-state index is 12.1. The minimum absolute atomic E-state index is 0.0341. The van der Waals surface area contributed by atoms with Crippen molar-refractivity contribution in [3.05, 3.63) is 82.4 Å². The highest BCUT2D eigenvalue weighted by atomic mass is 35.5. The number of nitrogens with zero attached hydrogens (tertiary/aromatic N) is 5. The van der Waals surface area contributed by atoms with Gasteiger partial charge in [0.05, 0.1) is 61.1 Å². The van der Waals surface area contributed by atoms with Gasteiger partial charge in [0, 0.05) is 83.4 Å². The topological polar surface area (TPSA) is 152 Å². The molecule has 54 heavy (non-hydrogen) atoms. The molecule has 15 heteroatoms. The van der Waals surface area contributed by atoms with E-state index in [1.54, 1.807) is 25.4 Å². The normalized spacial score (nSPS) is 17.6. The van der Waals surface area contributed by atoms with Gasteiger partial charge >= 0.3 is 6.09 Å². The zero-order valence-corrected chi connectivity index (χ0v) is 31.3. The molecule has 1 saturated carbocycles. The number of rotatable bonds is 12. The van der Waals surface area contributed by atoms with E-state index in [2.05, 4.69) is 15.6 Å². The summed E-state index contributed by atoms with van der Waals surface area (Å²) in [6.07, 6.45) is 7.77. The number of carbonyl (C=O) groups excluding carboxylic acids is 1.